The molecule has 2 amide bonds. The van der Waals surface area contributed by atoms with Gasteiger partial charge in [-0.05, 0) is 35.7 Å². The van der Waals surface area contributed by atoms with Gasteiger partial charge in [0.2, 0.25) is 0 Å². The van der Waals surface area contributed by atoms with Crippen LogP contribution in [0.5, 0.6) is 0 Å². The Morgan fingerprint density at radius 1 is 1.20 bits per heavy atom. The molecule has 2 aromatic rings. The Labute approximate surface area is 118 Å². The normalized spacial score (nSPS) is 11.7. The van der Waals surface area contributed by atoms with Crippen LogP contribution in [0.1, 0.15) is 10.9 Å². The van der Waals surface area contributed by atoms with Gasteiger partial charge in [0, 0.05) is 10.6 Å². The number of carbonyl (C=O) groups excluding carboxylic acids is 1. The Hall–Kier alpha value is -2.41. The molecule has 0 aliphatic rings. The summed E-state index contributed by atoms with van der Waals surface area (Å²) in [6.07, 6.45) is 0. The van der Waals surface area contributed by atoms with Gasteiger partial charge in [-0.3, -0.25) is 0 Å². The molecule has 1 aromatic carbocycles. The van der Waals surface area contributed by atoms with Gasteiger partial charge in [-0.25, -0.2) is 14.0 Å². The largest absolute Gasteiger partial charge is 0.479 e. The van der Waals surface area contributed by atoms with Crippen LogP contribution in [0.3, 0.4) is 0 Å². The molecule has 0 saturated heterocycles. The third kappa shape index (κ3) is 3.55. The Bertz CT molecular complexity index is 599. The number of halogens is 1. The summed E-state index contributed by atoms with van der Waals surface area (Å²) >= 11 is 1.24. The quantitative estimate of drug-likeness (QED) is 0.811. The van der Waals surface area contributed by atoms with Gasteiger partial charge in [-0.2, -0.15) is 0 Å². The molecule has 0 spiro atoms. The summed E-state index contributed by atoms with van der Waals surface area (Å²) in [4.78, 5) is 23.4. The molecule has 0 fully saturated rings. The summed E-state index contributed by atoms with van der Waals surface area (Å²) in [6, 6.07) is 6.71. The van der Waals surface area contributed by atoms with Crippen LogP contribution in [0.2, 0.25) is 0 Å². The summed E-state index contributed by atoms with van der Waals surface area (Å²) < 4.78 is 12.7. The lowest BCUT2D eigenvalue weighted by atomic mass is 10.2. The van der Waals surface area contributed by atoms with Gasteiger partial charge in [0.15, 0.2) is 6.04 Å². The average Bonchev–Trinajstić information content (AvgIpc) is 2.92. The van der Waals surface area contributed by atoms with Crippen LogP contribution < -0.4 is 10.6 Å². The molecule has 1 atom stereocenters. The minimum Gasteiger partial charge on any atom is -0.479 e. The fraction of sp³-hybridized carbons (Fsp3) is 0.0769. The van der Waals surface area contributed by atoms with Gasteiger partial charge in [0.25, 0.3) is 0 Å². The number of aliphatic carboxylic acids is 1. The summed E-state index contributed by atoms with van der Waals surface area (Å²) in [5.41, 5.74) is 0.374. The van der Waals surface area contributed by atoms with E-state index in [4.69, 9.17) is 5.11 Å². The first kappa shape index (κ1) is 14.0. The minimum absolute atomic E-state index is 0.374. The molecule has 3 N–H and O–H groups in total. The molecule has 0 aliphatic heterocycles. The van der Waals surface area contributed by atoms with E-state index in [2.05, 4.69) is 10.6 Å². The Morgan fingerprint density at radius 2 is 1.90 bits per heavy atom. The molecule has 20 heavy (non-hydrogen) atoms. The Balaban J connectivity index is 2.02. The number of thiophene rings is 1. The van der Waals surface area contributed by atoms with Crippen LogP contribution in [-0.4, -0.2) is 17.1 Å². The van der Waals surface area contributed by atoms with Crippen LogP contribution >= 0.6 is 11.3 Å². The standard InChI is InChI=1S/C13H11FN2O3S/c14-8-3-5-9(6-4-8)15-13(19)16-11(12(17)18)10-2-1-7-20-10/h1-7,11H,(H,17,18)(H2,15,16,19). The van der Waals surface area contributed by atoms with Gasteiger partial charge in [0.05, 0.1) is 0 Å². The second-order valence-electron chi connectivity index (χ2n) is 3.89. The molecule has 1 heterocycles. The molecule has 0 aliphatic carbocycles. The number of hydrogen-bond acceptors (Lipinski definition) is 3. The van der Waals surface area contributed by atoms with Gasteiger partial charge in [-0.1, -0.05) is 6.07 Å². The molecule has 1 unspecified atom stereocenters. The summed E-state index contributed by atoms with van der Waals surface area (Å²) in [7, 11) is 0. The van der Waals surface area contributed by atoms with Crippen molar-refractivity contribution in [3.8, 4) is 0 Å². The van der Waals surface area contributed by atoms with Gasteiger partial charge >= 0.3 is 12.0 Å². The first-order chi connectivity index (χ1) is 9.56. The number of nitrogens with one attached hydrogen (secondary N) is 2. The molecular formula is C13H11FN2O3S. The van der Waals surface area contributed by atoms with Gasteiger partial charge < -0.3 is 15.7 Å². The third-order valence-corrected chi connectivity index (χ3v) is 3.39. The predicted molar refractivity (Wildman–Crippen MR) is 73.3 cm³/mol. The fourth-order valence-corrected chi connectivity index (χ4v) is 2.31. The van der Waals surface area contributed by atoms with E-state index in [-0.39, 0.29) is 0 Å². The maximum Gasteiger partial charge on any atom is 0.331 e. The minimum atomic E-state index is -1.15. The van der Waals surface area contributed by atoms with E-state index >= 15 is 0 Å². The highest BCUT2D eigenvalue weighted by molar-refractivity contribution is 7.10. The molecule has 0 saturated carbocycles. The van der Waals surface area contributed by atoms with Crippen LogP contribution in [0.15, 0.2) is 41.8 Å². The van der Waals surface area contributed by atoms with Crippen molar-refractivity contribution in [1.82, 2.24) is 5.32 Å². The molecule has 0 bridgehead atoms. The smallest absolute Gasteiger partial charge is 0.331 e. The highest BCUT2D eigenvalue weighted by atomic mass is 32.1. The number of carboxylic acids is 1. The van der Waals surface area contributed by atoms with Crippen molar-refractivity contribution in [2.45, 2.75) is 6.04 Å². The second-order valence-corrected chi connectivity index (χ2v) is 4.87. The lowest BCUT2D eigenvalue weighted by Crippen LogP contribution is -2.36. The van der Waals surface area contributed by atoms with E-state index in [0.29, 0.717) is 10.6 Å². The number of benzene rings is 1. The van der Waals surface area contributed by atoms with Crippen LogP contribution in [0.25, 0.3) is 0 Å². The molecule has 5 nitrogen and oxygen atoms in total. The predicted octanol–water partition coefficient (Wildman–Crippen LogP) is 2.83. The van der Waals surface area contributed by atoms with E-state index in [1.54, 1.807) is 17.5 Å². The number of amides is 2. The fourth-order valence-electron chi connectivity index (χ4n) is 1.54. The van der Waals surface area contributed by atoms with Crippen LogP contribution in [-0.2, 0) is 4.79 Å². The number of carboxylic acid groups (broad SMARTS) is 1. The van der Waals surface area contributed by atoms with E-state index in [1.807, 2.05) is 0 Å². The number of urea groups is 1. The lowest BCUT2D eigenvalue weighted by molar-refractivity contribution is -0.139. The second kappa shape index (κ2) is 6.16. The van der Waals surface area contributed by atoms with Crippen molar-refractivity contribution in [3.63, 3.8) is 0 Å². The topological polar surface area (TPSA) is 78.4 Å². The first-order valence-electron chi connectivity index (χ1n) is 5.65. The van der Waals surface area contributed by atoms with Crippen molar-refractivity contribution in [2.24, 2.45) is 0 Å². The Kier molecular flexibility index (Phi) is 4.31. The molecule has 104 valence electrons. The molecule has 1 aromatic heterocycles. The highest BCUT2D eigenvalue weighted by Gasteiger charge is 2.22. The van der Waals surface area contributed by atoms with Crippen LogP contribution in [0, 0.1) is 5.82 Å². The van der Waals surface area contributed by atoms with E-state index in [9.17, 15) is 14.0 Å². The zero-order chi connectivity index (χ0) is 14.5. The third-order valence-electron chi connectivity index (χ3n) is 2.45. The van der Waals surface area contributed by atoms with E-state index in [1.165, 1.54) is 35.6 Å². The number of hydrogen-bond donors (Lipinski definition) is 3. The molecular weight excluding hydrogens is 283 g/mol. The van der Waals surface area contributed by atoms with Gasteiger partial charge in [0.1, 0.15) is 5.82 Å². The zero-order valence-electron chi connectivity index (χ0n) is 10.2. The van der Waals surface area contributed by atoms with Crippen molar-refractivity contribution in [1.29, 1.82) is 0 Å². The van der Waals surface area contributed by atoms with E-state index < -0.39 is 23.9 Å². The molecule has 7 heteroatoms. The SMILES string of the molecule is O=C(Nc1ccc(F)cc1)NC(C(=O)O)c1cccs1. The van der Waals surface area contributed by atoms with Crippen molar-refractivity contribution >= 4 is 29.0 Å². The van der Waals surface area contributed by atoms with Crippen molar-refractivity contribution in [3.05, 3.63) is 52.5 Å². The van der Waals surface area contributed by atoms with E-state index in [0.717, 1.165) is 0 Å². The maximum atomic E-state index is 12.7. The maximum absolute atomic E-state index is 12.7. The Morgan fingerprint density at radius 3 is 2.45 bits per heavy atom. The van der Waals surface area contributed by atoms with Gasteiger partial charge in [-0.15, -0.1) is 11.3 Å². The lowest BCUT2D eigenvalue weighted by Gasteiger charge is -2.13. The number of anilines is 1. The summed E-state index contributed by atoms with van der Waals surface area (Å²) in [6.45, 7) is 0. The number of carbonyl (C=O) groups is 2. The van der Waals surface area contributed by atoms with Crippen LogP contribution in [0.4, 0.5) is 14.9 Å². The summed E-state index contributed by atoms with van der Waals surface area (Å²) in [5.74, 6) is -1.57. The highest BCUT2D eigenvalue weighted by Crippen LogP contribution is 2.19. The summed E-state index contributed by atoms with van der Waals surface area (Å²) in [5, 5.41) is 15.6. The molecule has 2 rings (SSSR count). The van der Waals surface area contributed by atoms with Crippen molar-refractivity contribution < 1.29 is 19.1 Å². The zero-order valence-corrected chi connectivity index (χ0v) is 11.0. The van der Waals surface area contributed by atoms with Crippen molar-refractivity contribution in [2.75, 3.05) is 5.32 Å². The number of rotatable bonds is 4. The average molecular weight is 294 g/mol. The monoisotopic (exact) mass is 294 g/mol. The first-order valence-corrected chi connectivity index (χ1v) is 6.53. The molecule has 0 radical (unpaired) electrons.